The van der Waals surface area contributed by atoms with Crippen LogP contribution in [0.15, 0.2) is 36.4 Å². The van der Waals surface area contributed by atoms with Gasteiger partial charge in [-0.3, -0.25) is 14.5 Å². The molecule has 0 bridgehead atoms. The van der Waals surface area contributed by atoms with Crippen LogP contribution in [0.1, 0.15) is 44.2 Å². The number of ether oxygens (including phenoxy) is 2. The summed E-state index contributed by atoms with van der Waals surface area (Å²) >= 11 is 0. The van der Waals surface area contributed by atoms with Crippen molar-refractivity contribution in [1.82, 2.24) is 4.90 Å². The molecule has 0 aromatic heterocycles. The van der Waals surface area contributed by atoms with Crippen molar-refractivity contribution in [1.29, 1.82) is 0 Å². The van der Waals surface area contributed by atoms with Gasteiger partial charge in [0.25, 0.3) is 5.91 Å². The van der Waals surface area contributed by atoms with Gasteiger partial charge in [0.1, 0.15) is 11.6 Å². The lowest BCUT2D eigenvalue weighted by molar-refractivity contribution is -0.122. The van der Waals surface area contributed by atoms with Crippen LogP contribution in [0.5, 0.6) is 5.75 Å². The second-order valence-electron chi connectivity index (χ2n) is 8.88. The number of carbonyl (C=O) groups excluding carboxylic acids is 2. The van der Waals surface area contributed by atoms with Crippen molar-refractivity contribution in [2.45, 2.75) is 46.1 Å². The lowest BCUT2D eigenvalue weighted by atomic mass is 10.0. The smallest absolute Gasteiger partial charge is 0.265 e. The van der Waals surface area contributed by atoms with Crippen LogP contribution in [0.3, 0.4) is 0 Å². The van der Waals surface area contributed by atoms with Gasteiger partial charge in [0, 0.05) is 31.7 Å². The SMILES string of the molecule is Cc1ccc(C(C)C)cc1OC(C)C(=O)Nc1ccc(F)c(NC(=O)CCN2CCOCC2)c1. The number of amides is 2. The molecule has 1 unspecified atom stereocenters. The van der Waals surface area contributed by atoms with Gasteiger partial charge in [-0.2, -0.15) is 0 Å². The Balaban J connectivity index is 1.57. The number of morpholine rings is 1. The summed E-state index contributed by atoms with van der Waals surface area (Å²) in [6.45, 7) is 11.2. The summed E-state index contributed by atoms with van der Waals surface area (Å²) in [5, 5.41) is 5.34. The standard InChI is InChI=1S/C26H34FN3O4/c1-17(2)20-6-5-18(3)24(15-20)34-19(4)26(32)28-21-7-8-22(27)23(16-21)29-25(31)9-10-30-11-13-33-14-12-30/h5-8,15-17,19H,9-14H2,1-4H3,(H,28,32)(H,29,31). The lowest BCUT2D eigenvalue weighted by Crippen LogP contribution is -2.38. The molecular weight excluding hydrogens is 437 g/mol. The van der Waals surface area contributed by atoms with Gasteiger partial charge in [-0.25, -0.2) is 4.39 Å². The summed E-state index contributed by atoms with van der Waals surface area (Å²) in [4.78, 5) is 27.2. The number of halogens is 1. The van der Waals surface area contributed by atoms with E-state index in [0.29, 0.717) is 37.1 Å². The highest BCUT2D eigenvalue weighted by Crippen LogP contribution is 2.26. The predicted molar refractivity (Wildman–Crippen MR) is 131 cm³/mol. The molecule has 1 heterocycles. The summed E-state index contributed by atoms with van der Waals surface area (Å²) in [6, 6.07) is 10.1. The van der Waals surface area contributed by atoms with Crippen LogP contribution < -0.4 is 15.4 Å². The first-order chi connectivity index (χ1) is 16.2. The molecule has 0 saturated carbocycles. The minimum Gasteiger partial charge on any atom is -0.481 e. The maximum atomic E-state index is 14.3. The highest BCUT2D eigenvalue weighted by atomic mass is 19.1. The van der Waals surface area contributed by atoms with Crippen molar-refractivity contribution in [3.05, 3.63) is 53.3 Å². The third-order valence-corrected chi connectivity index (χ3v) is 5.82. The van der Waals surface area contributed by atoms with Crippen LogP contribution in [0.2, 0.25) is 0 Å². The molecule has 184 valence electrons. The number of carbonyl (C=O) groups is 2. The molecule has 1 aliphatic rings. The molecule has 1 fully saturated rings. The Kier molecular flexibility index (Phi) is 9.01. The molecule has 0 spiro atoms. The zero-order valence-electron chi connectivity index (χ0n) is 20.3. The van der Waals surface area contributed by atoms with Crippen LogP contribution >= 0.6 is 0 Å². The first-order valence-electron chi connectivity index (χ1n) is 11.7. The van der Waals surface area contributed by atoms with Gasteiger partial charge >= 0.3 is 0 Å². The Morgan fingerprint density at radius 2 is 1.82 bits per heavy atom. The molecular formula is C26H34FN3O4. The monoisotopic (exact) mass is 471 g/mol. The average molecular weight is 472 g/mol. The van der Waals surface area contributed by atoms with E-state index < -0.39 is 11.9 Å². The number of benzene rings is 2. The molecule has 2 aromatic carbocycles. The minimum atomic E-state index is -0.766. The largest absolute Gasteiger partial charge is 0.481 e. The highest BCUT2D eigenvalue weighted by Gasteiger charge is 2.18. The van der Waals surface area contributed by atoms with Gasteiger partial charge in [0.05, 0.1) is 18.9 Å². The fraction of sp³-hybridized carbons (Fsp3) is 0.462. The number of hydrogen-bond acceptors (Lipinski definition) is 5. The zero-order chi connectivity index (χ0) is 24.7. The van der Waals surface area contributed by atoms with Crippen molar-refractivity contribution < 1.29 is 23.5 Å². The number of hydrogen-bond donors (Lipinski definition) is 2. The third-order valence-electron chi connectivity index (χ3n) is 5.82. The molecule has 8 heteroatoms. The number of rotatable bonds is 9. The van der Waals surface area contributed by atoms with Gasteiger partial charge in [-0.15, -0.1) is 0 Å². The molecule has 34 heavy (non-hydrogen) atoms. The number of nitrogens with one attached hydrogen (secondary N) is 2. The molecule has 1 atom stereocenters. The van der Waals surface area contributed by atoms with Gasteiger partial charge in [0.15, 0.2) is 6.10 Å². The molecule has 1 saturated heterocycles. The normalized spacial score (nSPS) is 15.1. The minimum absolute atomic E-state index is 0.0267. The lowest BCUT2D eigenvalue weighted by Gasteiger charge is -2.26. The topological polar surface area (TPSA) is 79.9 Å². The second kappa shape index (κ2) is 11.9. The Labute approximate surface area is 200 Å². The van der Waals surface area contributed by atoms with Crippen molar-refractivity contribution in [3.8, 4) is 5.75 Å². The van der Waals surface area contributed by atoms with E-state index in [1.54, 1.807) is 6.92 Å². The van der Waals surface area contributed by atoms with Crippen molar-refractivity contribution in [3.63, 3.8) is 0 Å². The fourth-order valence-electron chi connectivity index (χ4n) is 3.59. The van der Waals surface area contributed by atoms with Gasteiger partial charge in [-0.05, 0) is 55.2 Å². The molecule has 2 aromatic rings. The third kappa shape index (κ3) is 7.27. The van der Waals surface area contributed by atoms with E-state index in [1.165, 1.54) is 18.2 Å². The van der Waals surface area contributed by atoms with E-state index in [-0.39, 0.29) is 23.9 Å². The summed E-state index contributed by atoms with van der Waals surface area (Å²) < 4.78 is 25.5. The first-order valence-corrected chi connectivity index (χ1v) is 11.7. The fourth-order valence-corrected chi connectivity index (χ4v) is 3.59. The maximum absolute atomic E-state index is 14.3. The van der Waals surface area contributed by atoms with Crippen LogP contribution in [0.4, 0.5) is 15.8 Å². The van der Waals surface area contributed by atoms with Crippen molar-refractivity contribution in [2.24, 2.45) is 0 Å². The van der Waals surface area contributed by atoms with Crippen molar-refractivity contribution in [2.75, 3.05) is 43.5 Å². The Morgan fingerprint density at radius 1 is 1.09 bits per heavy atom. The van der Waals surface area contributed by atoms with E-state index in [2.05, 4.69) is 29.4 Å². The Hall–Kier alpha value is -2.97. The molecule has 0 aliphatic carbocycles. The molecule has 0 radical (unpaired) electrons. The van der Waals surface area contributed by atoms with E-state index >= 15 is 0 Å². The van der Waals surface area contributed by atoms with Crippen LogP contribution in [0.25, 0.3) is 0 Å². The average Bonchev–Trinajstić information content (AvgIpc) is 2.81. The molecule has 2 amide bonds. The first kappa shape index (κ1) is 25.6. The second-order valence-corrected chi connectivity index (χ2v) is 8.88. The number of anilines is 2. The quantitative estimate of drug-likeness (QED) is 0.569. The van der Waals surface area contributed by atoms with E-state index in [4.69, 9.17) is 9.47 Å². The molecule has 2 N–H and O–H groups in total. The van der Waals surface area contributed by atoms with Crippen molar-refractivity contribution >= 4 is 23.2 Å². The maximum Gasteiger partial charge on any atom is 0.265 e. The van der Waals surface area contributed by atoms with Crippen LogP contribution in [0, 0.1) is 12.7 Å². The van der Waals surface area contributed by atoms with Gasteiger partial charge < -0.3 is 20.1 Å². The summed E-state index contributed by atoms with van der Waals surface area (Å²) in [6.07, 6.45) is -0.520. The number of nitrogens with zero attached hydrogens (tertiary/aromatic N) is 1. The number of aryl methyl sites for hydroxylation is 1. The summed E-state index contributed by atoms with van der Waals surface area (Å²) in [5.41, 5.74) is 2.46. The predicted octanol–water partition coefficient (Wildman–Crippen LogP) is 4.32. The van der Waals surface area contributed by atoms with Gasteiger partial charge in [0.2, 0.25) is 5.91 Å². The van der Waals surface area contributed by atoms with E-state index in [1.807, 2.05) is 25.1 Å². The van der Waals surface area contributed by atoms with E-state index in [9.17, 15) is 14.0 Å². The molecule has 1 aliphatic heterocycles. The molecule has 3 rings (SSSR count). The molecule has 7 nitrogen and oxygen atoms in total. The highest BCUT2D eigenvalue weighted by molar-refractivity contribution is 5.96. The van der Waals surface area contributed by atoms with Crippen LogP contribution in [-0.4, -0.2) is 55.7 Å². The zero-order valence-corrected chi connectivity index (χ0v) is 20.3. The van der Waals surface area contributed by atoms with Crippen LogP contribution in [-0.2, 0) is 14.3 Å². The Morgan fingerprint density at radius 3 is 2.53 bits per heavy atom. The summed E-state index contributed by atoms with van der Waals surface area (Å²) in [7, 11) is 0. The van der Waals surface area contributed by atoms with E-state index in [0.717, 1.165) is 24.2 Å². The Bertz CT molecular complexity index is 1010. The van der Waals surface area contributed by atoms with Gasteiger partial charge in [-0.1, -0.05) is 26.0 Å². The summed E-state index contributed by atoms with van der Waals surface area (Å²) in [5.74, 6) is -0.227.